The zero-order valence-corrected chi connectivity index (χ0v) is 14.7. The quantitative estimate of drug-likeness (QED) is 0.844. The molecule has 1 N–H and O–H groups in total. The Hall–Kier alpha value is -2.51. The highest BCUT2D eigenvalue weighted by Gasteiger charge is 2.28. The molecule has 8 nitrogen and oxygen atoms in total. The Morgan fingerprint density at radius 2 is 2.16 bits per heavy atom. The van der Waals surface area contributed by atoms with Crippen molar-refractivity contribution in [2.45, 2.75) is 46.1 Å². The normalized spacial score (nSPS) is 23.4. The Kier molecular flexibility index (Phi) is 4.96. The molecule has 3 rings (SSSR count). The lowest BCUT2D eigenvalue weighted by Gasteiger charge is -2.34. The van der Waals surface area contributed by atoms with E-state index in [9.17, 15) is 9.59 Å². The zero-order valence-electron chi connectivity index (χ0n) is 14.7. The monoisotopic (exact) mass is 345 g/mol. The van der Waals surface area contributed by atoms with Gasteiger partial charge < -0.3 is 10.1 Å². The van der Waals surface area contributed by atoms with Crippen LogP contribution < -0.4 is 5.32 Å². The standard InChI is InChI=1S/C17H23N5O3/c1-10-5-4-6-13(12(10)3)19-14(23)9-25-16(24)15-20-17-18-8-7-11(2)22(17)21-15/h7-8,10,12-13H,4-6,9H2,1-3H3,(H,19,23)/t10-,12-,13-/m0/s1. The van der Waals surface area contributed by atoms with Crippen molar-refractivity contribution >= 4 is 17.7 Å². The maximum atomic E-state index is 12.1. The number of carbonyl (C=O) groups excluding carboxylic acids is 2. The van der Waals surface area contributed by atoms with Crippen LogP contribution in [0.4, 0.5) is 0 Å². The number of hydrogen-bond acceptors (Lipinski definition) is 6. The summed E-state index contributed by atoms with van der Waals surface area (Å²) in [5, 5.41) is 7.03. The summed E-state index contributed by atoms with van der Waals surface area (Å²) in [4.78, 5) is 32.2. The summed E-state index contributed by atoms with van der Waals surface area (Å²) >= 11 is 0. The number of nitrogens with one attached hydrogen (secondary N) is 1. The van der Waals surface area contributed by atoms with Gasteiger partial charge in [-0.1, -0.05) is 26.7 Å². The van der Waals surface area contributed by atoms with Gasteiger partial charge in [-0.25, -0.2) is 14.3 Å². The van der Waals surface area contributed by atoms with Crippen molar-refractivity contribution in [1.82, 2.24) is 24.9 Å². The molecule has 0 radical (unpaired) electrons. The van der Waals surface area contributed by atoms with Crippen molar-refractivity contribution in [3.05, 3.63) is 23.8 Å². The number of amides is 1. The van der Waals surface area contributed by atoms with E-state index >= 15 is 0 Å². The topological polar surface area (TPSA) is 98.5 Å². The first kappa shape index (κ1) is 17.3. The van der Waals surface area contributed by atoms with Gasteiger partial charge in [-0.2, -0.15) is 4.98 Å². The van der Waals surface area contributed by atoms with E-state index in [1.54, 1.807) is 12.3 Å². The van der Waals surface area contributed by atoms with Crippen LogP contribution in [0.5, 0.6) is 0 Å². The van der Waals surface area contributed by atoms with Crippen LogP contribution in [0.15, 0.2) is 12.3 Å². The maximum Gasteiger partial charge on any atom is 0.378 e. The van der Waals surface area contributed by atoms with E-state index < -0.39 is 5.97 Å². The molecule has 1 saturated carbocycles. The summed E-state index contributed by atoms with van der Waals surface area (Å²) in [5.74, 6) is 0.195. The summed E-state index contributed by atoms with van der Waals surface area (Å²) in [6.07, 6.45) is 4.85. The van der Waals surface area contributed by atoms with E-state index in [1.165, 1.54) is 10.9 Å². The minimum absolute atomic E-state index is 0.103. The third kappa shape index (κ3) is 3.78. The van der Waals surface area contributed by atoms with Crippen molar-refractivity contribution in [1.29, 1.82) is 0 Å². The number of esters is 1. The molecule has 0 aliphatic heterocycles. The van der Waals surface area contributed by atoms with Crippen LogP contribution in [-0.4, -0.2) is 44.1 Å². The first-order chi connectivity index (χ1) is 12.0. The predicted octanol–water partition coefficient (Wildman–Crippen LogP) is 1.53. The van der Waals surface area contributed by atoms with E-state index in [0.717, 1.165) is 18.5 Å². The average molecular weight is 345 g/mol. The Morgan fingerprint density at radius 3 is 2.92 bits per heavy atom. The van der Waals surface area contributed by atoms with Crippen molar-refractivity contribution in [2.24, 2.45) is 11.8 Å². The van der Waals surface area contributed by atoms with E-state index in [4.69, 9.17) is 4.74 Å². The summed E-state index contributed by atoms with van der Waals surface area (Å²) < 4.78 is 6.51. The average Bonchev–Trinajstić information content (AvgIpc) is 3.03. The molecular formula is C17H23N5O3. The summed E-state index contributed by atoms with van der Waals surface area (Å²) in [6, 6.07) is 1.89. The molecule has 0 bridgehead atoms. The largest absolute Gasteiger partial charge is 0.450 e. The van der Waals surface area contributed by atoms with Crippen LogP contribution in [0.25, 0.3) is 5.78 Å². The molecule has 0 aromatic carbocycles. The second-order valence-corrected chi connectivity index (χ2v) is 6.75. The Labute approximate surface area is 146 Å². The van der Waals surface area contributed by atoms with Crippen LogP contribution >= 0.6 is 0 Å². The van der Waals surface area contributed by atoms with Crippen LogP contribution in [0.1, 0.15) is 49.4 Å². The zero-order chi connectivity index (χ0) is 18.0. The third-order valence-electron chi connectivity index (χ3n) is 5.00. The molecule has 0 unspecified atom stereocenters. The van der Waals surface area contributed by atoms with Gasteiger partial charge in [0.05, 0.1) is 0 Å². The van der Waals surface area contributed by atoms with Gasteiger partial charge in [0, 0.05) is 17.9 Å². The lowest BCUT2D eigenvalue weighted by molar-refractivity contribution is -0.125. The molecule has 1 aliphatic rings. The molecule has 1 aliphatic carbocycles. The smallest absolute Gasteiger partial charge is 0.378 e. The molecule has 1 amide bonds. The van der Waals surface area contributed by atoms with Crippen LogP contribution in [0.3, 0.4) is 0 Å². The molecule has 0 saturated heterocycles. The highest BCUT2D eigenvalue weighted by molar-refractivity contribution is 5.88. The number of aryl methyl sites for hydroxylation is 1. The van der Waals surface area contributed by atoms with E-state index in [2.05, 4.69) is 34.2 Å². The third-order valence-corrected chi connectivity index (χ3v) is 5.00. The molecule has 2 heterocycles. The lowest BCUT2D eigenvalue weighted by atomic mass is 9.78. The van der Waals surface area contributed by atoms with Crippen LogP contribution in [-0.2, 0) is 9.53 Å². The van der Waals surface area contributed by atoms with E-state index in [0.29, 0.717) is 17.6 Å². The summed E-state index contributed by atoms with van der Waals surface area (Å²) in [6.45, 7) is 5.85. The van der Waals surface area contributed by atoms with E-state index in [1.807, 2.05) is 6.92 Å². The molecule has 134 valence electrons. The second kappa shape index (κ2) is 7.16. The maximum absolute atomic E-state index is 12.1. The molecule has 0 spiro atoms. The SMILES string of the molecule is Cc1ccnc2nc(C(=O)OCC(=O)N[C@H]3CCC[C@H](C)[C@@H]3C)nn12. The highest BCUT2D eigenvalue weighted by atomic mass is 16.5. The minimum atomic E-state index is -0.731. The molecule has 1 fully saturated rings. The van der Waals surface area contributed by atoms with Gasteiger partial charge in [-0.3, -0.25) is 4.79 Å². The molecule has 8 heteroatoms. The summed E-state index contributed by atoms with van der Waals surface area (Å²) in [7, 11) is 0. The Bertz CT molecular complexity index is 788. The van der Waals surface area contributed by atoms with Crippen LogP contribution in [0.2, 0.25) is 0 Å². The number of aromatic nitrogens is 4. The predicted molar refractivity (Wildman–Crippen MR) is 89.9 cm³/mol. The molecular weight excluding hydrogens is 322 g/mol. The van der Waals surface area contributed by atoms with Crippen LogP contribution in [0, 0.1) is 18.8 Å². The Morgan fingerprint density at radius 1 is 1.36 bits per heavy atom. The molecule has 3 atom stereocenters. The second-order valence-electron chi connectivity index (χ2n) is 6.75. The van der Waals surface area contributed by atoms with Gasteiger partial charge >= 0.3 is 5.97 Å². The van der Waals surface area contributed by atoms with Crippen molar-refractivity contribution in [2.75, 3.05) is 6.61 Å². The molecule has 2 aromatic heterocycles. The lowest BCUT2D eigenvalue weighted by Crippen LogP contribution is -2.45. The van der Waals surface area contributed by atoms with Gasteiger partial charge in [0.15, 0.2) is 6.61 Å². The fourth-order valence-corrected chi connectivity index (χ4v) is 3.22. The van der Waals surface area contributed by atoms with Gasteiger partial charge in [0.1, 0.15) is 0 Å². The summed E-state index contributed by atoms with van der Waals surface area (Å²) in [5.41, 5.74) is 0.801. The minimum Gasteiger partial charge on any atom is -0.450 e. The first-order valence-corrected chi connectivity index (χ1v) is 8.60. The van der Waals surface area contributed by atoms with Gasteiger partial charge in [0.25, 0.3) is 17.5 Å². The van der Waals surface area contributed by atoms with Crippen molar-refractivity contribution in [3.63, 3.8) is 0 Å². The number of nitrogens with zero attached hydrogens (tertiary/aromatic N) is 4. The van der Waals surface area contributed by atoms with Crippen molar-refractivity contribution < 1.29 is 14.3 Å². The number of rotatable bonds is 4. The Balaban J connectivity index is 1.56. The van der Waals surface area contributed by atoms with Gasteiger partial charge in [-0.15, -0.1) is 5.10 Å². The van der Waals surface area contributed by atoms with Crippen molar-refractivity contribution in [3.8, 4) is 0 Å². The number of carbonyl (C=O) groups is 2. The first-order valence-electron chi connectivity index (χ1n) is 8.60. The number of hydrogen-bond donors (Lipinski definition) is 1. The van der Waals surface area contributed by atoms with Gasteiger partial charge in [0.2, 0.25) is 0 Å². The fraction of sp³-hybridized carbons (Fsp3) is 0.588. The molecule has 2 aromatic rings. The fourth-order valence-electron chi connectivity index (χ4n) is 3.22. The molecule has 25 heavy (non-hydrogen) atoms. The number of ether oxygens (including phenoxy) is 1. The van der Waals surface area contributed by atoms with Gasteiger partial charge in [-0.05, 0) is 31.2 Å². The van der Waals surface area contributed by atoms with E-state index in [-0.39, 0.29) is 24.4 Å². The highest BCUT2D eigenvalue weighted by Crippen LogP contribution is 2.29. The number of fused-ring (bicyclic) bond motifs is 1.